The summed E-state index contributed by atoms with van der Waals surface area (Å²) in [6.45, 7) is 5.33. The molecule has 1 amide bonds. The minimum Gasteiger partial charge on any atom is -0.323 e. The highest BCUT2D eigenvalue weighted by Crippen LogP contribution is 2.29. The lowest BCUT2D eigenvalue weighted by molar-refractivity contribution is -0.119. The second-order valence-corrected chi connectivity index (χ2v) is 6.87. The van der Waals surface area contributed by atoms with Gasteiger partial charge in [0, 0.05) is 11.8 Å². The van der Waals surface area contributed by atoms with E-state index in [0.717, 1.165) is 16.1 Å². The van der Waals surface area contributed by atoms with Gasteiger partial charge in [-0.2, -0.15) is 5.10 Å². The summed E-state index contributed by atoms with van der Waals surface area (Å²) in [6, 6.07) is 8.86. The number of hydrogen-bond acceptors (Lipinski definition) is 4. The molecule has 0 aliphatic carbocycles. The maximum atomic E-state index is 12.6. The molecule has 1 aromatic carbocycles. The lowest BCUT2D eigenvalue weighted by atomic mass is 10.2. The van der Waals surface area contributed by atoms with Crippen LogP contribution >= 0.6 is 23.2 Å². The van der Waals surface area contributed by atoms with Crippen LogP contribution < -0.4 is 10.9 Å². The third-order valence-corrected chi connectivity index (χ3v) is 4.81. The molecular formula is C18H17Cl2N5O2. The van der Waals surface area contributed by atoms with E-state index < -0.39 is 17.5 Å². The predicted molar refractivity (Wildman–Crippen MR) is 105 cm³/mol. The molecule has 27 heavy (non-hydrogen) atoms. The summed E-state index contributed by atoms with van der Waals surface area (Å²) >= 11 is 12.1. The quantitative estimate of drug-likeness (QED) is 0.719. The highest BCUT2D eigenvalue weighted by molar-refractivity contribution is 6.44. The first-order chi connectivity index (χ1) is 12.8. The monoisotopic (exact) mass is 405 g/mol. The van der Waals surface area contributed by atoms with Crippen LogP contribution in [-0.4, -0.2) is 25.5 Å². The third-order valence-electron chi connectivity index (χ3n) is 3.99. The average Bonchev–Trinajstić information content (AvgIpc) is 2.97. The van der Waals surface area contributed by atoms with Gasteiger partial charge in [0.1, 0.15) is 6.04 Å². The number of nitrogens with zero attached hydrogens (tertiary/aromatic N) is 4. The zero-order chi connectivity index (χ0) is 19.7. The van der Waals surface area contributed by atoms with Crippen molar-refractivity contribution in [2.45, 2.75) is 26.8 Å². The number of rotatable bonds is 4. The number of aromatic nitrogens is 4. The molecule has 3 rings (SSSR count). The second-order valence-electron chi connectivity index (χ2n) is 6.08. The molecule has 0 saturated heterocycles. The Morgan fingerprint density at radius 3 is 2.56 bits per heavy atom. The van der Waals surface area contributed by atoms with Crippen molar-refractivity contribution in [2.75, 3.05) is 5.32 Å². The third kappa shape index (κ3) is 3.89. The molecule has 0 bridgehead atoms. The standard InChI is InChI=1S/C18H17Cl2N5O2/c1-10-9-11(2)24(22-10)15-7-8-16(26)25(23-15)12(3)18(27)21-14-6-4-5-13(19)17(14)20/h4-9,12H,1-3H3,(H,21,27). The molecule has 1 unspecified atom stereocenters. The molecule has 0 aliphatic heterocycles. The molecule has 140 valence electrons. The fourth-order valence-corrected chi connectivity index (χ4v) is 2.96. The molecule has 2 heterocycles. The van der Waals surface area contributed by atoms with Crippen LogP contribution in [0.5, 0.6) is 0 Å². The van der Waals surface area contributed by atoms with Crippen LogP contribution in [0.2, 0.25) is 10.0 Å². The van der Waals surface area contributed by atoms with Gasteiger partial charge in [0.2, 0.25) is 5.91 Å². The van der Waals surface area contributed by atoms with Gasteiger partial charge in [0.15, 0.2) is 5.82 Å². The number of amides is 1. The first kappa shape index (κ1) is 19.1. The molecule has 2 aromatic heterocycles. The molecule has 0 spiro atoms. The maximum absolute atomic E-state index is 12.6. The van der Waals surface area contributed by atoms with E-state index in [4.69, 9.17) is 23.2 Å². The predicted octanol–water partition coefficient (Wildman–Crippen LogP) is 3.55. The first-order valence-corrected chi connectivity index (χ1v) is 8.92. The maximum Gasteiger partial charge on any atom is 0.267 e. The summed E-state index contributed by atoms with van der Waals surface area (Å²) in [4.78, 5) is 24.9. The van der Waals surface area contributed by atoms with Crippen molar-refractivity contribution >= 4 is 34.8 Å². The number of nitrogens with one attached hydrogen (secondary N) is 1. The first-order valence-electron chi connectivity index (χ1n) is 8.16. The molecule has 9 heteroatoms. The normalized spacial score (nSPS) is 12.0. The average molecular weight is 406 g/mol. The van der Waals surface area contributed by atoms with Gasteiger partial charge in [0.05, 0.1) is 21.4 Å². The summed E-state index contributed by atoms with van der Waals surface area (Å²) in [5.41, 5.74) is 1.66. The number of halogens is 2. The Bertz CT molecular complexity index is 1070. The minimum absolute atomic E-state index is 0.233. The highest BCUT2D eigenvalue weighted by atomic mass is 35.5. The van der Waals surface area contributed by atoms with Gasteiger partial charge in [-0.05, 0) is 45.0 Å². The topological polar surface area (TPSA) is 81.8 Å². The second kappa shape index (κ2) is 7.54. The van der Waals surface area contributed by atoms with Gasteiger partial charge in [0.25, 0.3) is 5.56 Å². The molecule has 7 nitrogen and oxygen atoms in total. The molecule has 0 saturated carbocycles. The van der Waals surface area contributed by atoms with E-state index in [1.807, 2.05) is 19.9 Å². The zero-order valence-electron chi connectivity index (χ0n) is 14.9. The molecule has 0 radical (unpaired) electrons. The lowest BCUT2D eigenvalue weighted by Crippen LogP contribution is -2.33. The van der Waals surface area contributed by atoms with Gasteiger partial charge in [-0.1, -0.05) is 29.3 Å². The van der Waals surface area contributed by atoms with Crippen molar-refractivity contribution in [3.8, 4) is 5.82 Å². The van der Waals surface area contributed by atoms with Gasteiger partial charge in [-0.15, -0.1) is 5.10 Å². The summed E-state index contributed by atoms with van der Waals surface area (Å²) in [5, 5.41) is 11.9. The Labute approximate surface area is 165 Å². The Kier molecular flexibility index (Phi) is 5.34. The lowest BCUT2D eigenvalue weighted by Gasteiger charge is -2.16. The number of aryl methyl sites for hydroxylation is 2. The Morgan fingerprint density at radius 1 is 1.15 bits per heavy atom. The van der Waals surface area contributed by atoms with Crippen molar-refractivity contribution in [3.05, 3.63) is 68.2 Å². The van der Waals surface area contributed by atoms with E-state index in [1.54, 1.807) is 35.9 Å². The number of carbonyl (C=O) groups is 1. The van der Waals surface area contributed by atoms with E-state index in [2.05, 4.69) is 15.5 Å². The van der Waals surface area contributed by atoms with Crippen LogP contribution in [0.25, 0.3) is 5.82 Å². The summed E-state index contributed by atoms with van der Waals surface area (Å²) in [6.07, 6.45) is 0. The summed E-state index contributed by atoms with van der Waals surface area (Å²) < 4.78 is 2.73. The van der Waals surface area contributed by atoms with Crippen molar-refractivity contribution < 1.29 is 4.79 Å². The number of anilines is 1. The SMILES string of the molecule is Cc1cc(C)n(-c2ccc(=O)n(C(C)C(=O)Nc3cccc(Cl)c3Cl)n2)n1. The van der Waals surface area contributed by atoms with Gasteiger partial charge < -0.3 is 5.32 Å². The molecule has 1 atom stereocenters. The van der Waals surface area contributed by atoms with Gasteiger partial charge >= 0.3 is 0 Å². The van der Waals surface area contributed by atoms with Crippen LogP contribution in [0.1, 0.15) is 24.4 Å². The van der Waals surface area contributed by atoms with Crippen molar-refractivity contribution in [2.24, 2.45) is 0 Å². The van der Waals surface area contributed by atoms with Gasteiger partial charge in [-0.25, -0.2) is 9.36 Å². The fourth-order valence-electron chi connectivity index (χ4n) is 2.62. The fraction of sp³-hybridized carbons (Fsp3) is 0.222. The summed E-state index contributed by atoms with van der Waals surface area (Å²) in [7, 11) is 0. The van der Waals surface area contributed by atoms with Crippen LogP contribution in [-0.2, 0) is 4.79 Å². The van der Waals surface area contributed by atoms with E-state index >= 15 is 0 Å². The van der Waals surface area contributed by atoms with E-state index in [-0.39, 0.29) is 5.02 Å². The Hall–Kier alpha value is -2.64. The minimum atomic E-state index is -0.871. The van der Waals surface area contributed by atoms with Gasteiger partial charge in [-0.3, -0.25) is 9.59 Å². The number of carbonyl (C=O) groups excluding carboxylic acids is 1. The smallest absolute Gasteiger partial charge is 0.267 e. The largest absolute Gasteiger partial charge is 0.323 e. The molecular weight excluding hydrogens is 389 g/mol. The van der Waals surface area contributed by atoms with E-state index in [0.29, 0.717) is 16.5 Å². The van der Waals surface area contributed by atoms with E-state index in [9.17, 15) is 9.59 Å². The van der Waals surface area contributed by atoms with Crippen LogP contribution in [0.3, 0.4) is 0 Å². The molecule has 0 fully saturated rings. The molecule has 3 aromatic rings. The Morgan fingerprint density at radius 2 is 1.89 bits per heavy atom. The van der Waals surface area contributed by atoms with Crippen LogP contribution in [0.15, 0.2) is 41.2 Å². The number of hydrogen-bond donors (Lipinski definition) is 1. The van der Waals surface area contributed by atoms with Crippen LogP contribution in [0, 0.1) is 13.8 Å². The molecule has 1 N–H and O–H groups in total. The van der Waals surface area contributed by atoms with Crippen molar-refractivity contribution in [1.82, 2.24) is 19.6 Å². The highest BCUT2D eigenvalue weighted by Gasteiger charge is 2.20. The van der Waals surface area contributed by atoms with Crippen molar-refractivity contribution in [3.63, 3.8) is 0 Å². The van der Waals surface area contributed by atoms with Crippen molar-refractivity contribution in [1.29, 1.82) is 0 Å². The summed E-state index contributed by atoms with van der Waals surface area (Å²) in [5.74, 6) is -0.0000718. The Balaban J connectivity index is 1.92. The number of benzene rings is 1. The van der Waals surface area contributed by atoms with E-state index in [1.165, 1.54) is 6.07 Å². The zero-order valence-corrected chi connectivity index (χ0v) is 16.4. The molecule has 0 aliphatic rings. The van der Waals surface area contributed by atoms with Crippen LogP contribution in [0.4, 0.5) is 5.69 Å².